The molecular formula is C20H28N2O4. The van der Waals surface area contributed by atoms with Crippen molar-refractivity contribution in [3.8, 4) is 0 Å². The molecule has 0 bridgehead atoms. The van der Waals surface area contributed by atoms with Crippen LogP contribution in [0, 0.1) is 5.92 Å². The SMILES string of the molecule is CN(CC(=O)N1CCCC(C(=O)O)C1)C(=O)c1ccc(C(C)(C)C)cc1. The fraction of sp³-hybridized carbons (Fsp3) is 0.550. The van der Waals surface area contributed by atoms with Crippen molar-refractivity contribution in [2.45, 2.75) is 39.0 Å². The van der Waals surface area contributed by atoms with Crippen LogP contribution in [0.1, 0.15) is 49.5 Å². The van der Waals surface area contributed by atoms with Crippen LogP contribution < -0.4 is 0 Å². The third-order valence-corrected chi connectivity index (χ3v) is 4.84. The summed E-state index contributed by atoms with van der Waals surface area (Å²) >= 11 is 0. The van der Waals surface area contributed by atoms with Crippen LogP contribution in [-0.4, -0.2) is 59.4 Å². The van der Waals surface area contributed by atoms with E-state index in [1.165, 1.54) is 4.90 Å². The van der Waals surface area contributed by atoms with Crippen molar-refractivity contribution in [3.63, 3.8) is 0 Å². The van der Waals surface area contributed by atoms with Gasteiger partial charge in [-0.2, -0.15) is 0 Å². The molecule has 1 N–H and O–H groups in total. The summed E-state index contributed by atoms with van der Waals surface area (Å²) in [6.45, 7) is 7.04. The highest BCUT2D eigenvalue weighted by Crippen LogP contribution is 2.22. The largest absolute Gasteiger partial charge is 0.481 e. The summed E-state index contributed by atoms with van der Waals surface area (Å²) in [7, 11) is 1.59. The summed E-state index contributed by atoms with van der Waals surface area (Å²) < 4.78 is 0. The van der Waals surface area contributed by atoms with Crippen molar-refractivity contribution >= 4 is 17.8 Å². The molecule has 2 amide bonds. The lowest BCUT2D eigenvalue weighted by Gasteiger charge is -2.32. The van der Waals surface area contributed by atoms with Gasteiger partial charge in [-0.25, -0.2) is 0 Å². The molecule has 1 aromatic carbocycles. The van der Waals surface area contributed by atoms with Crippen LogP contribution in [0.4, 0.5) is 0 Å². The van der Waals surface area contributed by atoms with E-state index in [9.17, 15) is 14.4 Å². The molecule has 2 rings (SSSR count). The Labute approximate surface area is 154 Å². The van der Waals surface area contributed by atoms with Gasteiger partial charge in [-0.1, -0.05) is 32.9 Å². The van der Waals surface area contributed by atoms with Gasteiger partial charge in [-0.3, -0.25) is 14.4 Å². The first-order chi connectivity index (χ1) is 12.1. The minimum absolute atomic E-state index is 0.0123. The summed E-state index contributed by atoms with van der Waals surface area (Å²) in [6, 6.07) is 7.44. The Bertz CT molecular complexity index is 676. The number of benzene rings is 1. The topological polar surface area (TPSA) is 77.9 Å². The number of likely N-dealkylation sites (N-methyl/N-ethyl adjacent to an activating group) is 1. The second-order valence-corrected chi connectivity index (χ2v) is 8.01. The number of carboxylic acid groups (broad SMARTS) is 1. The molecule has 0 spiro atoms. The number of carbonyl (C=O) groups is 3. The van der Waals surface area contributed by atoms with Gasteiger partial charge >= 0.3 is 5.97 Å². The highest BCUT2D eigenvalue weighted by atomic mass is 16.4. The monoisotopic (exact) mass is 360 g/mol. The molecule has 0 saturated carbocycles. The molecule has 1 fully saturated rings. The molecule has 0 aliphatic carbocycles. The van der Waals surface area contributed by atoms with Crippen molar-refractivity contribution in [1.29, 1.82) is 0 Å². The number of piperidine rings is 1. The quantitative estimate of drug-likeness (QED) is 0.894. The number of aliphatic carboxylic acids is 1. The van der Waals surface area contributed by atoms with Crippen LogP contribution >= 0.6 is 0 Å². The number of nitrogens with zero attached hydrogens (tertiary/aromatic N) is 2. The Kier molecular flexibility index (Phi) is 6.05. The zero-order valence-corrected chi connectivity index (χ0v) is 16.0. The molecule has 142 valence electrons. The highest BCUT2D eigenvalue weighted by molar-refractivity contribution is 5.96. The van der Waals surface area contributed by atoms with Gasteiger partial charge in [0, 0.05) is 25.7 Å². The first-order valence-corrected chi connectivity index (χ1v) is 8.96. The van der Waals surface area contributed by atoms with E-state index in [0.29, 0.717) is 24.9 Å². The maximum absolute atomic E-state index is 12.6. The van der Waals surface area contributed by atoms with Gasteiger partial charge in [0.1, 0.15) is 0 Å². The lowest BCUT2D eigenvalue weighted by atomic mass is 9.86. The van der Waals surface area contributed by atoms with Gasteiger partial charge in [-0.05, 0) is 36.0 Å². The normalized spacial score (nSPS) is 17.7. The average molecular weight is 360 g/mol. The van der Waals surface area contributed by atoms with E-state index in [0.717, 1.165) is 5.56 Å². The predicted molar refractivity (Wildman–Crippen MR) is 99.0 cm³/mol. The molecule has 1 atom stereocenters. The number of hydrogen-bond acceptors (Lipinski definition) is 3. The molecule has 1 aliphatic rings. The first kappa shape index (κ1) is 19.9. The van der Waals surface area contributed by atoms with Crippen molar-refractivity contribution in [2.24, 2.45) is 5.92 Å². The van der Waals surface area contributed by atoms with Crippen LogP contribution in [0.2, 0.25) is 0 Å². The van der Waals surface area contributed by atoms with Crippen molar-refractivity contribution in [2.75, 3.05) is 26.7 Å². The zero-order valence-electron chi connectivity index (χ0n) is 16.0. The Morgan fingerprint density at radius 2 is 1.81 bits per heavy atom. The lowest BCUT2D eigenvalue weighted by Crippen LogP contribution is -2.46. The van der Waals surface area contributed by atoms with Crippen LogP contribution in [0.5, 0.6) is 0 Å². The average Bonchev–Trinajstić information content (AvgIpc) is 2.60. The number of carboxylic acids is 1. The molecule has 1 unspecified atom stereocenters. The van der Waals surface area contributed by atoms with Gasteiger partial charge in [0.15, 0.2) is 0 Å². The van der Waals surface area contributed by atoms with Gasteiger partial charge < -0.3 is 14.9 Å². The molecule has 1 heterocycles. The number of hydrogen-bond donors (Lipinski definition) is 1. The molecular weight excluding hydrogens is 332 g/mol. The summed E-state index contributed by atoms with van der Waals surface area (Å²) in [5.74, 6) is -1.81. The highest BCUT2D eigenvalue weighted by Gasteiger charge is 2.29. The standard InChI is InChI=1S/C20H28N2O4/c1-20(2,3)16-9-7-14(8-10-16)18(24)21(4)13-17(23)22-11-5-6-15(12-22)19(25)26/h7-10,15H,5-6,11-13H2,1-4H3,(H,25,26). The number of likely N-dealkylation sites (tertiary alicyclic amines) is 1. The third kappa shape index (κ3) is 4.84. The molecule has 1 aliphatic heterocycles. The fourth-order valence-electron chi connectivity index (χ4n) is 3.11. The maximum Gasteiger partial charge on any atom is 0.308 e. The van der Waals surface area contributed by atoms with Crippen molar-refractivity contribution < 1.29 is 19.5 Å². The van der Waals surface area contributed by atoms with Crippen molar-refractivity contribution in [3.05, 3.63) is 35.4 Å². The van der Waals surface area contributed by atoms with E-state index in [1.54, 1.807) is 24.1 Å². The van der Waals surface area contributed by atoms with E-state index in [-0.39, 0.29) is 30.3 Å². The Morgan fingerprint density at radius 1 is 1.19 bits per heavy atom. The first-order valence-electron chi connectivity index (χ1n) is 8.96. The van der Waals surface area contributed by atoms with E-state index in [4.69, 9.17) is 5.11 Å². The van der Waals surface area contributed by atoms with E-state index in [1.807, 2.05) is 12.1 Å². The maximum atomic E-state index is 12.6. The summed E-state index contributed by atoms with van der Waals surface area (Å²) in [5, 5.41) is 9.13. The zero-order chi connectivity index (χ0) is 19.5. The number of rotatable bonds is 4. The smallest absolute Gasteiger partial charge is 0.308 e. The van der Waals surface area contributed by atoms with Crippen LogP contribution in [0.25, 0.3) is 0 Å². The van der Waals surface area contributed by atoms with E-state index < -0.39 is 11.9 Å². The summed E-state index contributed by atoms with van der Waals surface area (Å²) in [6.07, 6.45) is 1.27. The third-order valence-electron chi connectivity index (χ3n) is 4.84. The Balaban J connectivity index is 1.98. The van der Waals surface area contributed by atoms with E-state index >= 15 is 0 Å². The second-order valence-electron chi connectivity index (χ2n) is 8.01. The molecule has 0 aromatic heterocycles. The molecule has 0 radical (unpaired) electrons. The van der Waals surface area contributed by atoms with Gasteiger partial charge in [0.25, 0.3) is 5.91 Å². The van der Waals surface area contributed by atoms with Crippen molar-refractivity contribution in [1.82, 2.24) is 9.80 Å². The second kappa shape index (κ2) is 7.89. The van der Waals surface area contributed by atoms with Gasteiger partial charge in [0.2, 0.25) is 5.91 Å². The molecule has 6 heteroatoms. The predicted octanol–water partition coefficient (Wildman–Crippen LogP) is 2.38. The summed E-state index contributed by atoms with van der Waals surface area (Å²) in [5.41, 5.74) is 1.69. The van der Waals surface area contributed by atoms with E-state index in [2.05, 4.69) is 20.8 Å². The van der Waals surface area contributed by atoms with Crippen LogP contribution in [-0.2, 0) is 15.0 Å². The van der Waals surface area contributed by atoms with Crippen LogP contribution in [0.3, 0.4) is 0 Å². The molecule has 6 nitrogen and oxygen atoms in total. The van der Waals surface area contributed by atoms with Crippen LogP contribution in [0.15, 0.2) is 24.3 Å². The Hall–Kier alpha value is -2.37. The molecule has 1 aromatic rings. The lowest BCUT2D eigenvalue weighted by molar-refractivity contribution is -0.145. The van der Waals surface area contributed by atoms with Gasteiger partial charge in [-0.15, -0.1) is 0 Å². The fourth-order valence-corrected chi connectivity index (χ4v) is 3.11. The minimum Gasteiger partial charge on any atom is -0.481 e. The number of amides is 2. The minimum atomic E-state index is -0.870. The molecule has 26 heavy (non-hydrogen) atoms. The Morgan fingerprint density at radius 3 is 2.35 bits per heavy atom. The summed E-state index contributed by atoms with van der Waals surface area (Å²) in [4.78, 5) is 39.1. The number of carbonyl (C=O) groups excluding carboxylic acids is 2. The molecule has 1 saturated heterocycles. The van der Waals surface area contributed by atoms with Gasteiger partial charge in [0.05, 0.1) is 12.5 Å².